The molecule has 1 aliphatic heterocycles. The molecule has 1 aliphatic rings. The van der Waals surface area contributed by atoms with E-state index in [9.17, 15) is 4.79 Å². The number of esters is 1. The minimum absolute atomic E-state index is 0.144. The van der Waals surface area contributed by atoms with Gasteiger partial charge in [0.05, 0.1) is 19.0 Å². The summed E-state index contributed by atoms with van der Waals surface area (Å²) < 4.78 is 4.76. The number of nitrogens with two attached hydrogens (primary N) is 1. The Hall–Kier alpha value is -3.00. The molecule has 1 aromatic carbocycles. The number of thiophene rings is 1. The number of aromatic nitrogens is 2. The lowest BCUT2D eigenvalue weighted by atomic mass is 10.1. The Bertz CT molecular complexity index is 996. The Morgan fingerprint density at radius 2 is 2.21 bits per heavy atom. The first-order valence-electron chi connectivity index (χ1n) is 7.19. The average Bonchev–Trinajstić information content (AvgIpc) is 3.20. The fraction of sp³-hybridized carbons (Fsp3) is 0.125. The minimum atomic E-state index is -0.406. The highest BCUT2D eigenvalue weighted by molar-refractivity contribution is 7.20. The van der Waals surface area contributed by atoms with Crippen molar-refractivity contribution in [2.45, 2.75) is 6.54 Å². The summed E-state index contributed by atoms with van der Waals surface area (Å²) in [5.74, 6) is 0.293. The monoisotopic (exact) mass is 339 g/mol. The molecule has 2 aromatic heterocycles. The fourth-order valence-electron chi connectivity index (χ4n) is 2.55. The average molecular weight is 339 g/mol. The zero-order valence-electron chi connectivity index (χ0n) is 12.7. The number of fused-ring (bicyclic) bond motifs is 2. The molecule has 0 radical (unpaired) electrons. The number of rotatable bonds is 3. The molecule has 120 valence electrons. The number of benzene rings is 1. The summed E-state index contributed by atoms with van der Waals surface area (Å²) in [5, 5.41) is 3.98. The summed E-state index contributed by atoms with van der Waals surface area (Å²) in [6.07, 6.45) is 1.85. The Kier molecular flexibility index (Phi) is 3.39. The van der Waals surface area contributed by atoms with Gasteiger partial charge in [0.15, 0.2) is 0 Å². The molecular formula is C16H13N5O2S. The largest absolute Gasteiger partial charge is 0.465 e. The van der Waals surface area contributed by atoms with Crippen molar-refractivity contribution in [3.8, 4) is 0 Å². The zero-order chi connectivity index (χ0) is 16.7. The van der Waals surface area contributed by atoms with Crippen LogP contribution in [0.25, 0.3) is 10.2 Å². The van der Waals surface area contributed by atoms with E-state index < -0.39 is 5.97 Å². The maximum atomic E-state index is 11.7. The van der Waals surface area contributed by atoms with E-state index in [4.69, 9.17) is 10.5 Å². The van der Waals surface area contributed by atoms with Crippen LogP contribution in [0.4, 0.5) is 17.5 Å². The van der Waals surface area contributed by atoms with Gasteiger partial charge in [-0.3, -0.25) is 4.99 Å². The van der Waals surface area contributed by atoms with E-state index in [1.165, 1.54) is 24.0 Å². The number of anilines is 3. The number of nitrogen functional groups attached to an aromatic ring is 1. The van der Waals surface area contributed by atoms with Gasteiger partial charge in [-0.25, -0.2) is 9.78 Å². The van der Waals surface area contributed by atoms with Crippen molar-refractivity contribution in [2.24, 2.45) is 4.99 Å². The van der Waals surface area contributed by atoms with E-state index in [1.54, 1.807) is 6.07 Å². The fourth-order valence-corrected chi connectivity index (χ4v) is 3.51. The van der Waals surface area contributed by atoms with Gasteiger partial charge in [-0.1, -0.05) is 6.07 Å². The van der Waals surface area contributed by atoms with E-state index in [0.29, 0.717) is 22.1 Å². The molecule has 0 fully saturated rings. The van der Waals surface area contributed by atoms with Crippen molar-refractivity contribution in [3.63, 3.8) is 0 Å². The highest BCUT2D eigenvalue weighted by Crippen LogP contribution is 2.32. The van der Waals surface area contributed by atoms with Crippen LogP contribution in [-0.2, 0) is 11.3 Å². The van der Waals surface area contributed by atoms with Crippen LogP contribution < -0.4 is 11.1 Å². The van der Waals surface area contributed by atoms with E-state index in [0.717, 1.165) is 16.6 Å². The molecule has 0 aliphatic carbocycles. The third-order valence-electron chi connectivity index (χ3n) is 3.70. The van der Waals surface area contributed by atoms with Gasteiger partial charge in [0.1, 0.15) is 15.5 Å². The third-order valence-corrected chi connectivity index (χ3v) is 4.71. The molecule has 4 rings (SSSR count). The van der Waals surface area contributed by atoms with Gasteiger partial charge in [-0.05, 0) is 29.3 Å². The van der Waals surface area contributed by atoms with Gasteiger partial charge in [-0.15, -0.1) is 11.3 Å². The summed E-state index contributed by atoms with van der Waals surface area (Å²) in [5.41, 5.74) is 8.93. The topological polar surface area (TPSA) is 102 Å². The van der Waals surface area contributed by atoms with Gasteiger partial charge in [0, 0.05) is 11.9 Å². The lowest BCUT2D eigenvalue weighted by Gasteiger charge is -2.08. The van der Waals surface area contributed by atoms with Crippen LogP contribution >= 0.6 is 11.3 Å². The number of hydrogen-bond donors (Lipinski definition) is 2. The second-order valence-corrected chi connectivity index (χ2v) is 6.29. The number of carbonyl (C=O) groups is 1. The van der Waals surface area contributed by atoms with Gasteiger partial charge in [-0.2, -0.15) is 4.98 Å². The molecule has 0 amide bonds. The number of aliphatic imine (C=N–C) groups is 1. The van der Waals surface area contributed by atoms with Crippen molar-refractivity contribution in [1.29, 1.82) is 0 Å². The van der Waals surface area contributed by atoms with Crippen LogP contribution in [0.15, 0.2) is 29.3 Å². The molecule has 8 heteroatoms. The SMILES string of the molecule is COC(=O)c1cc2c(Nc3ccc4c(c3)C=NC4)nc(N)nc2s1. The second-order valence-electron chi connectivity index (χ2n) is 5.26. The first kappa shape index (κ1) is 14.6. The minimum Gasteiger partial charge on any atom is -0.465 e. The van der Waals surface area contributed by atoms with Gasteiger partial charge in [0.2, 0.25) is 5.95 Å². The molecule has 0 spiro atoms. The van der Waals surface area contributed by atoms with Crippen molar-refractivity contribution >= 4 is 51.2 Å². The first-order valence-corrected chi connectivity index (χ1v) is 8.01. The highest BCUT2D eigenvalue weighted by atomic mass is 32.1. The van der Waals surface area contributed by atoms with Crippen LogP contribution in [0, 0.1) is 0 Å². The molecular weight excluding hydrogens is 326 g/mol. The van der Waals surface area contributed by atoms with Gasteiger partial charge >= 0.3 is 5.97 Å². The van der Waals surface area contributed by atoms with Crippen LogP contribution in [0.5, 0.6) is 0 Å². The second kappa shape index (κ2) is 5.57. The molecule has 0 saturated heterocycles. The summed E-state index contributed by atoms with van der Waals surface area (Å²) in [6.45, 7) is 0.716. The maximum absolute atomic E-state index is 11.7. The molecule has 24 heavy (non-hydrogen) atoms. The quantitative estimate of drug-likeness (QED) is 0.711. The van der Waals surface area contributed by atoms with Gasteiger partial charge < -0.3 is 15.8 Å². The van der Waals surface area contributed by atoms with Crippen LogP contribution in [0.3, 0.4) is 0 Å². The Morgan fingerprint density at radius 1 is 1.33 bits per heavy atom. The molecule has 0 bridgehead atoms. The number of ether oxygens (including phenoxy) is 1. The molecule has 0 unspecified atom stereocenters. The first-order chi connectivity index (χ1) is 11.6. The van der Waals surface area contributed by atoms with E-state index >= 15 is 0 Å². The Morgan fingerprint density at radius 3 is 3.04 bits per heavy atom. The molecule has 0 saturated carbocycles. The van der Waals surface area contributed by atoms with E-state index in [2.05, 4.69) is 20.3 Å². The Balaban J connectivity index is 1.76. The zero-order valence-corrected chi connectivity index (χ0v) is 13.6. The smallest absolute Gasteiger partial charge is 0.348 e. The van der Waals surface area contributed by atoms with Crippen LogP contribution in [-0.4, -0.2) is 29.3 Å². The summed E-state index contributed by atoms with van der Waals surface area (Å²) in [6, 6.07) is 7.71. The van der Waals surface area contributed by atoms with Crippen molar-refractivity contribution in [3.05, 3.63) is 40.3 Å². The molecule has 3 N–H and O–H groups in total. The molecule has 7 nitrogen and oxygen atoms in total. The van der Waals surface area contributed by atoms with E-state index in [1.807, 2.05) is 24.4 Å². The van der Waals surface area contributed by atoms with Crippen molar-refractivity contribution < 1.29 is 9.53 Å². The lowest BCUT2D eigenvalue weighted by Crippen LogP contribution is -2.00. The predicted octanol–water partition coefficient (Wildman–Crippen LogP) is 2.74. The summed E-state index contributed by atoms with van der Waals surface area (Å²) in [4.78, 5) is 25.5. The number of nitrogens with one attached hydrogen (secondary N) is 1. The van der Waals surface area contributed by atoms with Crippen molar-refractivity contribution in [2.75, 3.05) is 18.2 Å². The number of hydrogen-bond acceptors (Lipinski definition) is 8. The predicted molar refractivity (Wildman–Crippen MR) is 94.2 cm³/mol. The third kappa shape index (κ3) is 2.46. The van der Waals surface area contributed by atoms with Crippen LogP contribution in [0.1, 0.15) is 20.8 Å². The highest BCUT2D eigenvalue weighted by Gasteiger charge is 2.16. The van der Waals surface area contributed by atoms with E-state index in [-0.39, 0.29) is 5.95 Å². The summed E-state index contributed by atoms with van der Waals surface area (Å²) >= 11 is 1.22. The molecule has 0 atom stereocenters. The molecule has 3 aromatic rings. The molecule has 3 heterocycles. The maximum Gasteiger partial charge on any atom is 0.348 e. The van der Waals surface area contributed by atoms with Gasteiger partial charge in [0.25, 0.3) is 0 Å². The standard InChI is InChI=1S/C16H13N5O2S/c1-23-15(22)12-5-11-13(20-16(17)21-14(11)24-12)19-10-3-2-8-6-18-7-9(8)4-10/h2-5,7H,6H2,1H3,(H3,17,19,20,21). The van der Waals surface area contributed by atoms with Crippen LogP contribution in [0.2, 0.25) is 0 Å². The number of carbonyl (C=O) groups excluding carboxylic acids is 1. The Labute approximate surface area is 141 Å². The number of methoxy groups -OCH3 is 1. The summed E-state index contributed by atoms with van der Waals surface area (Å²) in [7, 11) is 1.35. The number of nitrogens with zero attached hydrogens (tertiary/aromatic N) is 3. The van der Waals surface area contributed by atoms with Crippen molar-refractivity contribution in [1.82, 2.24) is 9.97 Å². The normalized spacial score (nSPS) is 12.4. The lowest BCUT2D eigenvalue weighted by molar-refractivity contribution is 0.0606.